The quantitative estimate of drug-likeness (QED) is 0.767. The average Bonchev–Trinajstić information content (AvgIpc) is 3.34. The number of nitrogens with zero attached hydrogens (tertiary/aromatic N) is 3. The van der Waals surface area contributed by atoms with E-state index < -0.39 is 0 Å². The van der Waals surface area contributed by atoms with Gasteiger partial charge in [-0.2, -0.15) is 5.10 Å². The van der Waals surface area contributed by atoms with Crippen LogP contribution in [0.4, 0.5) is 0 Å². The minimum Gasteiger partial charge on any atom is -0.497 e. The number of methoxy groups -OCH3 is 1. The third kappa shape index (κ3) is 2.91. The first-order valence-corrected chi connectivity index (χ1v) is 9.55. The lowest BCUT2D eigenvalue weighted by Gasteiger charge is -2.43. The lowest BCUT2D eigenvalue weighted by atomic mass is 9.84. The highest BCUT2D eigenvalue weighted by Crippen LogP contribution is 2.41. The molecule has 4 heterocycles. The zero-order chi connectivity index (χ0) is 18.3. The van der Waals surface area contributed by atoms with Crippen molar-refractivity contribution in [3.05, 3.63) is 30.6 Å². The molecule has 0 saturated carbocycles. The number of fused-ring (bicyclic) bond motifs is 1. The molecule has 2 saturated heterocycles. The molecule has 0 radical (unpaired) electrons. The second-order valence-electron chi connectivity index (χ2n) is 7.43. The van der Waals surface area contributed by atoms with E-state index in [-0.39, 0.29) is 5.60 Å². The van der Waals surface area contributed by atoms with Gasteiger partial charge in [0.15, 0.2) is 5.82 Å². The van der Waals surface area contributed by atoms with Crippen molar-refractivity contribution in [1.29, 1.82) is 0 Å². The zero-order valence-electron chi connectivity index (χ0n) is 15.5. The third-order valence-electron chi connectivity index (χ3n) is 5.91. The molecule has 142 valence electrons. The normalized spacial score (nSPS) is 22.3. The van der Waals surface area contributed by atoms with Gasteiger partial charge in [0.25, 0.3) is 0 Å². The molecule has 1 N–H and O–H groups in total. The van der Waals surface area contributed by atoms with E-state index >= 15 is 0 Å². The molecule has 0 aliphatic carbocycles. The van der Waals surface area contributed by atoms with Gasteiger partial charge in [-0.3, -0.25) is 5.10 Å². The van der Waals surface area contributed by atoms with E-state index in [1.54, 1.807) is 7.11 Å². The van der Waals surface area contributed by atoms with Crippen LogP contribution in [0.1, 0.15) is 31.7 Å². The van der Waals surface area contributed by atoms with E-state index in [9.17, 15) is 0 Å². The number of hydrogen-bond acceptors (Lipinski definition) is 5. The molecule has 1 spiro atoms. The van der Waals surface area contributed by atoms with Gasteiger partial charge in [-0.15, -0.1) is 0 Å². The number of nitrogens with one attached hydrogen (secondary N) is 1. The van der Waals surface area contributed by atoms with Crippen LogP contribution in [0.2, 0.25) is 0 Å². The molecule has 2 aromatic heterocycles. The first-order valence-electron chi connectivity index (χ1n) is 9.55. The van der Waals surface area contributed by atoms with E-state index in [2.05, 4.69) is 25.9 Å². The predicted octanol–water partition coefficient (Wildman–Crippen LogP) is 3.34. The van der Waals surface area contributed by atoms with Crippen LogP contribution in [0.3, 0.4) is 0 Å². The van der Waals surface area contributed by atoms with Crippen molar-refractivity contribution in [1.82, 2.24) is 19.7 Å². The summed E-state index contributed by atoms with van der Waals surface area (Å²) >= 11 is 0. The molecule has 1 unspecified atom stereocenters. The molecule has 7 heteroatoms. The van der Waals surface area contributed by atoms with Crippen molar-refractivity contribution in [3.8, 4) is 17.3 Å². The van der Waals surface area contributed by atoms with Gasteiger partial charge < -0.3 is 18.8 Å². The van der Waals surface area contributed by atoms with Crippen molar-refractivity contribution in [3.63, 3.8) is 0 Å². The summed E-state index contributed by atoms with van der Waals surface area (Å²) in [7, 11) is 1.68. The number of benzene rings is 1. The highest BCUT2D eigenvalue weighted by molar-refractivity contribution is 5.92. The van der Waals surface area contributed by atoms with E-state index in [0.717, 1.165) is 73.7 Å². The van der Waals surface area contributed by atoms with Gasteiger partial charge in [-0.1, -0.05) is 0 Å². The highest BCUT2D eigenvalue weighted by Gasteiger charge is 2.40. The van der Waals surface area contributed by atoms with Crippen molar-refractivity contribution in [2.75, 3.05) is 26.9 Å². The monoisotopic (exact) mass is 368 g/mol. The number of imidazole rings is 1. The van der Waals surface area contributed by atoms with E-state index in [1.165, 1.54) is 0 Å². The van der Waals surface area contributed by atoms with E-state index in [1.807, 2.05) is 24.4 Å². The Bertz CT molecular complexity index is 936. The number of hydrogen-bond donors (Lipinski definition) is 1. The number of rotatable bonds is 3. The fourth-order valence-electron chi connectivity index (χ4n) is 4.41. The summed E-state index contributed by atoms with van der Waals surface area (Å²) in [5.41, 5.74) is 1.79. The van der Waals surface area contributed by atoms with Gasteiger partial charge in [-0.25, -0.2) is 4.98 Å². The molecule has 0 bridgehead atoms. The zero-order valence-corrected chi connectivity index (χ0v) is 15.5. The average molecular weight is 368 g/mol. The Morgan fingerprint density at radius 1 is 1.26 bits per heavy atom. The second-order valence-corrected chi connectivity index (χ2v) is 7.43. The fraction of sp³-hybridized carbons (Fsp3) is 0.500. The second kappa shape index (κ2) is 6.65. The molecule has 7 nitrogen and oxygen atoms in total. The summed E-state index contributed by atoms with van der Waals surface area (Å²) in [5, 5.41) is 8.70. The van der Waals surface area contributed by atoms with Crippen LogP contribution in [0.15, 0.2) is 30.6 Å². The van der Waals surface area contributed by atoms with Gasteiger partial charge in [-0.05, 0) is 43.9 Å². The summed E-state index contributed by atoms with van der Waals surface area (Å²) in [6.45, 7) is 2.35. The maximum atomic E-state index is 6.21. The van der Waals surface area contributed by atoms with Crippen molar-refractivity contribution < 1.29 is 14.2 Å². The molecule has 27 heavy (non-hydrogen) atoms. The first-order chi connectivity index (χ1) is 13.3. The standard InChI is InChI=1S/C20H24N4O3/c1-25-15-2-3-17-16(12-15)18(23-22-17)19-21-7-8-24(19)14-4-9-27-20(13-14)5-10-26-11-6-20/h2-3,7-8,12,14H,4-6,9-11,13H2,1H3,(H,22,23). The molecule has 2 fully saturated rings. The maximum absolute atomic E-state index is 6.21. The molecular weight excluding hydrogens is 344 g/mol. The maximum Gasteiger partial charge on any atom is 0.161 e. The molecular formula is C20H24N4O3. The lowest BCUT2D eigenvalue weighted by Crippen LogP contribution is -2.44. The Kier molecular flexibility index (Phi) is 4.13. The third-order valence-corrected chi connectivity index (χ3v) is 5.91. The van der Waals surface area contributed by atoms with Gasteiger partial charge >= 0.3 is 0 Å². The van der Waals surface area contributed by atoms with Crippen LogP contribution in [-0.2, 0) is 9.47 Å². The van der Waals surface area contributed by atoms with Crippen LogP contribution < -0.4 is 4.74 Å². The smallest absolute Gasteiger partial charge is 0.161 e. The van der Waals surface area contributed by atoms with Crippen LogP contribution in [0, 0.1) is 0 Å². The number of aromatic nitrogens is 4. The first kappa shape index (κ1) is 16.8. The molecule has 1 atom stereocenters. The molecule has 3 aromatic rings. The Morgan fingerprint density at radius 3 is 3.00 bits per heavy atom. The van der Waals surface area contributed by atoms with Gasteiger partial charge in [0, 0.05) is 43.6 Å². The fourth-order valence-corrected chi connectivity index (χ4v) is 4.41. The van der Waals surface area contributed by atoms with Crippen LogP contribution in [-0.4, -0.2) is 52.3 Å². The molecule has 1 aromatic carbocycles. The van der Waals surface area contributed by atoms with Gasteiger partial charge in [0.1, 0.15) is 11.4 Å². The molecule has 0 amide bonds. The Balaban J connectivity index is 1.51. The van der Waals surface area contributed by atoms with Crippen LogP contribution in [0.5, 0.6) is 5.75 Å². The van der Waals surface area contributed by atoms with Crippen LogP contribution >= 0.6 is 0 Å². The highest BCUT2D eigenvalue weighted by atomic mass is 16.5. The summed E-state index contributed by atoms with van der Waals surface area (Å²) in [4.78, 5) is 4.65. The Hall–Kier alpha value is -2.38. The minimum atomic E-state index is -0.0560. The number of H-pyrrole nitrogens is 1. The van der Waals surface area contributed by atoms with E-state index in [0.29, 0.717) is 6.04 Å². The van der Waals surface area contributed by atoms with E-state index in [4.69, 9.17) is 14.2 Å². The number of aromatic amines is 1. The van der Waals surface area contributed by atoms with Gasteiger partial charge in [0.2, 0.25) is 0 Å². The number of ether oxygens (including phenoxy) is 3. The molecule has 2 aliphatic heterocycles. The van der Waals surface area contributed by atoms with Crippen molar-refractivity contribution in [2.24, 2.45) is 0 Å². The lowest BCUT2D eigenvalue weighted by molar-refractivity contribution is -0.144. The predicted molar refractivity (Wildman–Crippen MR) is 101 cm³/mol. The largest absolute Gasteiger partial charge is 0.497 e. The topological polar surface area (TPSA) is 74.2 Å². The summed E-state index contributed by atoms with van der Waals surface area (Å²) in [6, 6.07) is 6.29. The Morgan fingerprint density at radius 2 is 2.15 bits per heavy atom. The summed E-state index contributed by atoms with van der Waals surface area (Å²) < 4.78 is 19.4. The van der Waals surface area contributed by atoms with Crippen molar-refractivity contribution >= 4 is 10.9 Å². The van der Waals surface area contributed by atoms with Crippen molar-refractivity contribution in [2.45, 2.75) is 37.3 Å². The minimum absolute atomic E-state index is 0.0560. The molecule has 2 aliphatic rings. The summed E-state index contributed by atoms with van der Waals surface area (Å²) in [6.07, 6.45) is 7.84. The SMILES string of the molecule is COc1ccc2[nH]nc(-c3nccn3C3CCOC4(CCOCC4)C3)c2c1. The van der Waals surface area contributed by atoms with Crippen LogP contribution in [0.25, 0.3) is 22.4 Å². The molecule has 5 rings (SSSR count). The van der Waals surface area contributed by atoms with Gasteiger partial charge in [0.05, 0.1) is 18.2 Å². The Labute approximate surface area is 157 Å². The summed E-state index contributed by atoms with van der Waals surface area (Å²) in [5.74, 6) is 1.71.